The maximum absolute atomic E-state index is 12.6. The summed E-state index contributed by atoms with van der Waals surface area (Å²) in [6.07, 6.45) is 0. The van der Waals surface area contributed by atoms with Crippen molar-refractivity contribution in [2.24, 2.45) is 0 Å². The first kappa shape index (κ1) is 21.3. The summed E-state index contributed by atoms with van der Waals surface area (Å²) in [6.45, 7) is 1.42. The highest BCUT2D eigenvalue weighted by Crippen LogP contribution is 2.21. The van der Waals surface area contributed by atoms with Gasteiger partial charge in [-0.05, 0) is 66.2 Å². The third-order valence-corrected chi connectivity index (χ3v) is 6.37. The van der Waals surface area contributed by atoms with Gasteiger partial charge >= 0.3 is 0 Å². The molecule has 4 aromatic rings. The van der Waals surface area contributed by atoms with E-state index in [-0.39, 0.29) is 16.6 Å². The number of carbonyl (C=O) groups is 2. The van der Waals surface area contributed by atoms with E-state index in [2.05, 4.69) is 10.0 Å². The van der Waals surface area contributed by atoms with E-state index in [1.54, 1.807) is 12.1 Å². The van der Waals surface area contributed by atoms with Crippen molar-refractivity contribution in [1.82, 2.24) is 0 Å². The number of anilines is 2. The van der Waals surface area contributed by atoms with E-state index in [0.29, 0.717) is 22.5 Å². The number of amides is 1. The molecule has 2 N–H and O–H groups in total. The van der Waals surface area contributed by atoms with Crippen LogP contribution in [0.15, 0.2) is 95.9 Å². The minimum atomic E-state index is -3.82. The number of benzene rings is 4. The molecule has 0 saturated heterocycles. The van der Waals surface area contributed by atoms with Crippen molar-refractivity contribution in [2.45, 2.75) is 11.8 Å². The fraction of sp³-hybridized carbons (Fsp3) is 0.0400. The summed E-state index contributed by atoms with van der Waals surface area (Å²) < 4.78 is 27.6. The van der Waals surface area contributed by atoms with Crippen LogP contribution in [0.1, 0.15) is 27.6 Å². The van der Waals surface area contributed by atoms with Crippen molar-refractivity contribution in [3.8, 4) is 0 Å². The Balaban J connectivity index is 1.45. The monoisotopic (exact) mass is 444 g/mol. The zero-order valence-corrected chi connectivity index (χ0v) is 18.0. The van der Waals surface area contributed by atoms with Crippen molar-refractivity contribution >= 4 is 43.9 Å². The molecule has 6 nitrogen and oxygen atoms in total. The number of sulfonamides is 1. The molecule has 0 aliphatic heterocycles. The lowest BCUT2D eigenvalue weighted by atomic mass is 10.1. The highest BCUT2D eigenvalue weighted by Gasteiger charge is 2.15. The number of rotatable bonds is 6. The number of nitrogens with one attached hydrogen (secondary N) is 2. The molecule has 0 atom stereocenters. The fourth-order valence-electron chi connectivity index (χ4n) is 3.24. The predicted octanol–water partition coefficient (Wildman–Crippen LogP) is 5.10. The van der Waals surface area contributed by atoms with Gasteiger partial charge in [0, 0.05) is 22.5 Å². The molecule has 0 heterocycles. The summed E-state index contributed by atoms with van der Waals surface area (Å²) in [6, 6.07) is 25.4. The van der Waals surface area contributed by atoms with Crippen molar-refractivity contribution < 1.29 is 18.0 Å². The normalized spacial score (nSPS) is 11.2. The van der Waals surface area contributed by atoms with Gasteiger partial charge in [0.15, 0.2) is 5.78 Å². The second-order valence-corrected chi connectivity index (χ2v) is 8.96. The van der Waals surface area contributed by atoms with Crippen LogP contribution < -0.4 is 10.0 Å². The molecule has 7 heteroatoms. The predicted molar refractivity (Wildman–Crippen MR) is 126 cm³/mol. The van der Waals surface area contributed by atoms with Crippen molar-refractivity contribution in [3.05, 3.63) is 102 Å². The summed E-state index contributed by atoms with van der Waals surface area (Å²) in [5.41, 5.74) is 1.83. The molecule has 4 aromatic carbocycles. The van der Waals surface area contributed by atoms with E-state index >= 15 is 0 Å². The molecule has 0 radical (unpaired) electrons. The van der Waals surface area contributed by atoms with Crippen molar-refractivity contribution in [1.29, 1.82) is 0 Å². The van der Waals surface area contributed by atoms with Crippen LogP contribution in [0.3, 0.4) is 0 Å². The van der Waals surface area contributed by atoms with Gasteiger partial charge in [0.2, 0.25) is 0 Å². The first-order valence-corrected chi connectivity index (χ1v) is 11.3. The van der Waals surface area contributed by atoms with Crippen LogP contribution in [0, 0.1) is 0 Å². The van der Waals surface area contributed by atoms with Crippen molar-refractivity contribution in [2.75, 3.05) is 10.0 Å². The summed E-state index contributed by atoms with van der Waals surface area (Å²) in [5.74, 6) is -0.436. The van der Waals surface area contributed by atoms with Gasteiger partial charge in [-0.25, -0.2) is 8.42 Å². The molecule has 32 heavy (non-hydrogen) atoms. The summed E-state index contributed by atoms with van der Waals surface area (Å²) in [4.78, 5) is 24.0. The topological polar surface area (TPSA) is 92.3 Å². The van der Waals surface area contributed by atoms with Crippen LogP contribution in [0.4, 0.5) is 11.4 Å². The van der Waals surface area contributed by atoms with Crippen LogP contribution in [0.5, 0.6) is 0 Å². The molecule has 0 aliphatic carbocycles. The van der Waals surface area contributed by atoms with Crippen LogP contribution >= 0.6 is 0 Å². The number of hydrogen-bond donors (Lipinski definition) is 2. The molecule has 0 spiro atoms. The summed E-state index contributed by atoms with van der Waals surface area (Å²) >= 11 is 0. The van der Waals surface area contributed by atoms with Gasteiger partial charge in [0.25, 0.3) is 15.9 Å². The third-order valence-electron chi connectivity index (χ3n) is 4.98. The SMILES string of the molecule is CC(=O)c1ccc(S(=O)(=O)Nc2ccc(C(=O)Nc3ccc4ccccc4c3)cc2)cc1. The average molecular weight is 445 g/mol. The molecule has 0 fully saturated rings. The van der Waals surface area contributed by atoms with Gasteiger partial charge in [-0.3, -0.25) is 14.3 Å². The minimum absolute atomic E-state index is 0.0422. The van der Waals surface area contributed by atoms with Crippen LogP contribution in [0.2, 0.25) is 0 Å². The molecule has 0 unspecified atom stereocenters. The zero-order chi connectivity index (χ0) is 22.7. The Labute approximate surface area is 186 Å². The summed E-state index contributed by atoms with van der Waals surface area (Å²) in [5, 5.41) is 4.95. The Morgan fingerprint density at radius 2 is 1.28 bits per heavy atom. The van der Waals surface area contributed by atoms with E-state index in [9.17, 15) is 18.0 Å². The van der Waals surface area contributed by atoms with Crippen LogP contribution in [-0.4, -0.2) is 20.1 Å². The van der Waals surface area contributed by atoms with Crippen LogP contribution in [-0.2, 0) is 10.0 Å². The first-order chi connectivity index (χ1) is 15.3. The molecule has 0 saturated carbocycles. The highest BCUT2D eigenvalue weighted by atomic mass is 32.2. The average Bonchev–Trinajstić information content (AvgIpc) is 2.79. The van der Waals surface area contributed by atoms with E-state index in [1.807, 2.05) is 42.5 Å². The Morgan fingerprint density at radius 3 is 1.94 bits per heavy atom. The number of hydrogen-bond acceptors (Lipinski definition) is 4. The quantitative estimate of drug-likeness (QED) is 0.405. The second-order valence-electron chi connectivity index (χ2n) is 7.28. The Kier molecular flexibility index (Phi) is 5.75. The minimum Gasteiger partial charge on any atom is -0.322 e. The van der Waals surface area contributed by atoms with Gasteiger partial charge < -0.3 is 5.32 Å². The Hall–Kier alpha value is -3.97. The van der Waals surface area contributed by atoms with Crippen LogP contribution in [0.25, 0.3) is 10.8 Å². The van der Waals surface area contributed by atoms with E-state index in [1.165, 1.54) is 43.3 Å². The number of Topliss-reactive ketones (excluding diaryl/α,β-unsaturated/α-hetero) is 1. The lowest BCUT2D eigenvalue weighted by Crippen LogP contribution is -2.14. The first-order valence-electron chi connectivity index (χ1n) is 9.86. The number of carbonyl (C=O) groups excluding carboxylic acids is 2. The molecule has 160 valence electrons. The molecule has 0 aliphatic rings. The maximum atomic E-state index is 12.6. The van der Waals surface area contributed by atoms with Gasteiger partial charge in [-0.15, -0.1) is 0 Å². The Morgan fingerprint density at radius 1 is 0.688 bits per heavy atom. The molecular formula is C25H20N2O4S. The van der Waals surface area contributed by atoms with Gasteiger partial charge in [-0.1, -0.05) is 42.5 Å². The largest absolute Gasteiger partial charge is 0.322 e. The van der Waals surface area contributed by atoms with Gasteiger partial charge in [0.05, 0.1) is 4.90 Å². The van der Waals surface area contributed by atoms with E-state index in [4.69, 9.17) is 0 Å². The lowest BCUT2D eigenvalue weighted by Gasteiger charge is -2.10. The van der Waals surface area contributed by atoms with E-state index in [0.717, 1.165) is 10.8 Å². The summed E-state index contributed by atoms with van der Waals surface area (Å²) in [7, 11) is -3.82. The van der Waals surface area contributed by atoms with Gasteiger partial charge in [-0.2, -0.15) is 0 Å². The number of ketones is 1. The number of fused-ring (bicyclic) bond motifs is 1. The molecule has 0 bridgehead atoms. The second kappa shape index (κ2) is 8.64. The standard InChI is InChI=1S/C25H20N2O4S/c1-17(28)18-9-14-24(15-10-18)32(30,31)27-22-11-7-20(8-12-22)25(29)26-23-13-6-19-4-2-3-5-21(19)16-23/h2-16,27H,1H3,(H,26,29). The Bertz CT molecular complexity index is 1410. The third kappa shape index (κ3) is 4.68. The smallest absolute Gasteiger partial charge is 0.261 e. The molecular weight excluding hydrogens is 424 g/mol. The maximum Gasteiger partial charge on any atom is 0.261 e. The molecule has 1 amide bonds. The van der Waals surface area contributed by atoms with Crippen molar-refractivity contribution in [3.63, 3.8) is 0 Å². The van der Waals surface area contributed by atoms with E-state index < -0.39 is 10.0 Å². The highest BCUT2D eigenvalue weighted by molar-refractivity contribution is 7.92. The molecule has 0 aromatic heterocycles. The van der Waals surface area contributed by atoms with Gasteiger partial charge in [0.1, 0.15) is 0 Å². The fourth-order valence-corrected chi connectivity index (χ4v) is 4.30. The molecule has 4 rings (SSSR count). The lowest BCUT2D eigenvalue weighted by molar-refractivity contribution is 0.101. The zero-order valence-electron chi connectivity index (χ0n) is 17.2.